The number of unbranched alkanes of at least 4 members (excludes halogenated alkanes) is 10. The normalized spacial score (nSPS) is 12.0. The van der Waals surface area contributed by atoms with Crippen molar-refractivity contribution in [2.45, 2.75) is 77.6 Å². The van der Waals surface area contributed by atoms with E-state index in [9.17, 15) is 5.21 Å². The highest BCUT2D eigenvalue weighted by atomic mass is 17.3. The van der Waals surface area contributed by atoms with Crippen LogP contribution < -0.4 is 0 Å². The SMILES string of the molecule is CCCCCCCCCCCCCO[N+]([O-])(OC)OC. The predicted molar refractivity (Wildman–Crippen MR) is 80.1 cm³/mol. The second kappa shape index (κ2) is 13.8. The first-order valence-electron chi connectivity index (χ1n) is 8.04. The molecule has 0 bridgehead atoms. The van der Waals surface area contributed by atoms with E-state index in [2.05, 4.69) is 16.6 Å². The summed E-state index contributed by atoms with van der Waals surface area (Å²) in [5.41, 5.74) is 0. The molecule has 0 heterocycles. The van der Waals surface area contributed by atoms with Crippen LogP contribution >= 0.6 is 0 Å². The molecule has 5 nitrogen and oxygen atoms in total. The van der Waals surface area contributed by atoms with Crippen LogP contribution in [-0.2, 0) is 14.5 Å². The summed E-state index contributed by atoms with van der Waals surface area (Å²) in [6.45, 7) is 2.61. The number of hydrogen-bond donors (Lipinski definition) is 0. The van der Waals surface area contributed by atoms with E-state index in [1.807, 2.05) is 0 Å². The van der Waals surface area contributed by atoms with Crippen molar-refractivity contribution in [3.05, 3.63) is 5.21 Å². The van der Waals surface area contributed by atoms with Crippen molar-refractivity contribution in [2.24, 2.45) is 0 Å². The topological polar surface area (TPSA) is 50.8 Å². The summed E-state index contributed by atoms with van der Waals surface area (Å²) < 4.78 is 0. The molecule has 0 aromatic carbocycles. The molecule has 0 spiro atoms. The minimum atomic E-state index is -1.49. The molecule has 5 heteroatoms. The van der Waals surface area contributed by atoms with Crippen LogP contribution in [0.3, 0.4) is 0 Å². The monoisotopic (exact) mass is 291 g/mol. The van der Waals surface area contributed by atoms with Crippen LogP contribution in [0.2, 0.25) is 0 Å². The molecule has 122 valence electrons. The summed E-state index contributed by atoms with van der Waals surface area (Å²) in [5, 5.41) is 9.90. The fraction of sp³-hybridized carbons (Fsp3) is 1.00. The Balaban J connectivity index is 3.17. The first-order valence-corrected chi connectivity index (χ1v) is 8.04. The van der Waals surface area contributed by atoms with Gasteiger partial charge in [-0.25, -0.2) is 0 Å². The van der Waals surface area contributed by atoms with Crippen LogP contribution in [0, 0.1) is 5.21 Å². The standard InChI is InChI=1S/C15H33NO4/c1-4-5-6-7-8-9-10-11-12-13-14-15-20-16(17,18-2)19-3/h4-15H2,1-3H3. The van der Waals surface area contributed by atoms with Gasteiger partial charge in [0.15, 0.2) is 0 Å². The highest BCUT2D eigenvalue weighted by Gasteiger charge is 2.18. The maximum absolute atomic E-state index is 11.4. The van der Waals surface area contributed by atoms with Gasteiger partial charge in [0.05, 0.1) is 5.14 Å². The lowest BCUT2D eigenvalue weighted by molar-refractivity contribution is -1.33. The zero-order valence-corrected chi connectivity index (χ0v) is 13.6. The first kappa shape index (κ1) is 19.8. The van der Waals surface area contributed by atoms with Gasteiger partial charge in [-0.2, -0.15) is 0 Å². The van der Waals surface area contributed by atoms with Gasteiger partial charge in [0.25, 0.3) is 0 Å². The molecule has 20 heavy (non-hydrogen) atoms. The molecule has 0 aromatic heterocycles. The average molecular weight is 291 g/mol. The van der Waals surface area contributed by atoms with Crippen molar-refractivity contribution >= 4 is 0 Å². The third-order valence-electron chi connectivity index (χ3n) is 3.44. The molecular formula is C15H33NO4. The van der Waals surface area contributed by atoms with E-state index in [4.69, 9.17) is 4.84 Å². The highest BCUT2D eigenvalue weighted by molar-refractivity contribution is 4.47. The van der Waals surface area contributed by atoms with Crippen LogP contribution in [-0.4, -0.2) is 26.0 Å². The second-order valence-corrected chi connectivity index (χ2v) is 5.18. The largest absolute Gasteiger partial charge is 0.528 e. The fourth-order valence-electron chi connectivity index (χ4n) is 2.12. The summed E-state index contributed by atoms with van der Waals surface area (Å²) in [7, 11) is 2.52. The van der Waals surface area contributed by atoms with Crippen molar-refractivity contribution in [3.8, 4) is 0 Å². The van der Waals surface area contributed by atoms with Crippen molar-refractivity contribution in [1.82, 2.24) is 0 Å². The molecule has 0 atom stereocenters. The van der Waals surface area contributed by atoms with E-state index in [1.165, 1.54) is 72.0 Å². The summed E-state index contributed by atoms with van der Waals surface area (Å²) >= 11 is 0. The lowest BCUT2D eigenvalue weighted by Crippen LogP contribution is -2.39. The van der Waals surface area contributed by atoms with Crippen LogP contribution in [0.1, 0.15) is 77.6 Å². The zero-order chi connectivity index (χ0) is 15.1. The quantitative estimate of drug-likeness (QED) is 0.250. The Hall–Kier alpha value is -0.200. The van der Waals surface area contributed by atoms with Crippen molar-refractivity contribution in [3.63, 3.8) is 0 Å². The molecule has 0 aliphatic heterocycles. The summed E-state index contributed by atoms with van der Waals surface area (Å²) in [6.07, 6.45) is 14.0. The highest BCUT2D eigenvalue weighted by Crippen LogP contribution is 2.12. The molecule has 0 fully saturated rings. The third kappa shape index (κ3) is 11.6. The molecule has 0 N–H and O–H groups in total. The fourth-order valence-corrected chi connectivity index (χ4v) is 2.12. The Kier molecular flexibility index (Phi) is 13.6. The number of hydrogen-bond acceptors (Lipinski definition) is 4. The minimum absolute atomic E-state index is 0.363. The van der Waals surface area contributed by atoms with Crippen molar-refractivity contribution in [1.29, 1.82) is 0 Å². The Morgan fingerprint density at radius 3 is 1.50 bits per heavy atom. The number of rotatable bonds is 15. The van der Waals surface area contributed by atoms with Gasteiger partial charge < -0.3 is 5.21 Å². The minimum Gasteiger partial charge on any atom is -0.528 e. The summed E-state index contributed by atoms with van der Waals surface area (Å²) in [4.78, 5) is 14.0. The molecular weight excluding hydrogens is 258 g/mol. The van der Waals surface area contributed by atoms with E-state index in [1.54, 1.807) is 0 Å². The smallest absolute Gasteiger partial charge is 0.115 e. The lowest BCUT2D eigenvalue weighted by Gasteiger charge is -2.28. The van der Waals surface area contributed by atoms with Crippen LogP contribution in [0.25, 0.3) is 0 Å². The van der Waals surface area contributed by atoms with Gasteiger partial charge in [-0.1, -0.05) is 71.1 Å². The zero-order valence-electron chi connectivity index (χ0n) is 13.6. The Labute approximate surface area is 124 Å². The van der Waals surface area contributed by atoms with E-state index < -0.39 is 5.14 Å². The first-order chi connectivity index (χ1) is 9.68. The lowest BCUT2D eigenvalue weighted by atomic mass is 10.1. The number of quaternary nitrogens is 1. The number of nitrogens with zero attached hydrogens (tertiary/aromatic N) is 1. The van der Waals surface area contributed by atoms with Crippen LogP contribution in [0.15, 0.2) is 0 Å². The van der Waals surface area contributed by atoms with Crippen molar-refractivity contribution < 1.29 is 19.6 Å². The summed E-state index contributed by atoms with van der Waals surface area (Å²) in [6, 6.07) is 0. The van der Waals surface area contributed by atoms with Gasteiger partial charge in [-0.15, -0.1) is 14.5 Å². The molecule has 0 unspecified atom stereocenters. The molecule has 0 radical (unpaired) electrons. The molecule has 0 saturated heterocycles. The third-order valence-corrected chi connectivity index (χ3v) is 3.44. The van der Waals surface area contributed by atoms with E-state index in [0.29, 0.717) is 6.61 Å². The molecule has 0 rings (SSSR count). The molecule has 0 saturated carbocycles. The van der Waals surface area contributed by atoms with Gasteiger partial charge in [-0.05, 0) is 6.42 Å². The van der Waals surface area contributed by atoms with E-state index in [0.717, 1.165) is 12.8 Å². The Morgan fingerprint density at radius 2 is 1.10 bits per heavy atom. The van der Waals surface area contributed by atoms with Gasteiger partial charge in [0.1, 0.15) is 20.8 Å². The average Bonchev–Trinajstić information content (AvgIpc) is 2.48. The van der Waals surface area contributed by atoms with Gasteiger partial charge >= 0.3 is 0 Å². The maximum atomic E-state index is 11.4. The molecule has 0 aliphatic rings. The molecule has 0 aliphatic carbocycles. The van der Waals surface area contributed by atoms with Crippen molar-refractivity contribution in [2.75, 3.05) is 20.8 Å². The van der Waals surface area contributed by atoms with Crippen LogP contribution in [0.5, 0.6) is 0 Å². The second-order valence-electron chi connectivity index (χ2n) is 5.18. The Bertz CT molecular complexity index is 198. The van der Waals surface area contributed by atoms with Crippen LogP contribution in [0.4, 0.5) is 0 Å². The van der Waals surface area contributed by atoms with Gasteiger partial charge in [-0.3, -0.25) is 0 Å². The van der Waals surface area contributed by atoms with E-state index >= 15 is 0 Å². The molecule has 0 aromatic rings. The summed E-state index contributed by atoms with van der Waals surface area (Å²) in [5.74, 6) is 0. The van der Waals surface area contributed by atoms with E-state index in [-0.39, 0.29) is 0 Å². The maximum Gasteiger partial charge on any atom is 0.115 e. The molecule has 0 amide bonds. The van der Waals surface area contributed by atoms with Gasteiger partial charge in [0.2, 0.25) is 0 Å². The Morgan fingerprint density at radius 1 is 0.700 bits per heavy atom. The van der Waals surface area contributed by atoms with Gasteiger partial charge in [0, 0.05) is 0 Å². The predicted octanol–water partition coefficient (Wildman–Crippen LogP) is 4.67.